The zero-order valence-electron chi connectivity index (χ0n) is 8.31. The molecule has 0 saturated heterocycles. The monoisotopic (exact) mass is 193 g/mol. The first-order valence-electron chi connectivity index (χ1n) is 4.89. The SMILES string of the molecule is COC(c1ncc(CN)cn1)C1CC1. The molecule has 0 amide bonds. The molecule has 0 aliphatic heterocycles. The summed E-state index contributed by atoms with van der Waals surface area (Å²) in [4.78, 5) is 8.53. The van der Waals surface area contributed by atoms with Crippen molar-refractivity contribution in [1.82, 2.24) is 9.97 Å². The summed E-state index contributed by atoms with van der Waals surface area (Å²) in [6.07, 6.45) is 6.07. The van der Waals surface area contributed by atoms with Gasteiger partial charge in [0.2, 0.25) is 0 Å². The Bertz CT molecular complexity index is 295. The van der Waals surface area contributed by atoms with Crippen LogP contribution in [0.25, 0.3) is 0 Å². The van der Waals surface area contributed by atoms with Crippen LogP contribution in [0.15, 0.2) is 12.4 Å². The van der Waals surface area contributed by atoms with Crippen molar-refractivity contribution in [2.75, 3.05) is 7.11 Å². The van der Waals surface area contributed by atoms with E-state index in [2.05, 4.69) is 9.97 Å². The average molecular weight is 193 g/mol. The second kappa shape index (κ2) is 4.02. The number of hydrogen-bond acceptors (Lipinski definition) is 4. The van der Waals surface area contributed by atoms with Gasteiger partial charge in [-0.3, -0.25) is 0 Å². The molecule has 1 heterocycles. The smallest absolute Gasteiger partial charge is 0.157 e. The predicted molar refractivity (Wildman–Crippen MR) is 52.4 cm³/mol. The molecule has 0 aromatic carbocycles. The van der Waals surface area contributed by atoms with Crippen LogP contribution in [0.4, 0.5) is 0 Å². The molecule has 4 heteroatoms. The van der Waals surface area contributed by atoms with Crippen LogP contribution in [0.1, 0.15) is 30.3 Å². The molecule has 1 aliphatic carbocycles. The Hall–Kier alpha value is -1.00. The number of nitrogens with two attached hydrogens (primary N) is 1. The van der Waals surface area contributed by atoms with Gasteiger partial charge in [0.25, 0.3) is 0 Å². The maximum atomic E-state index is 5.47. The van der Waals surface area contributed by atoms with Crippen LogP contribution in [0.5, 0.6) is 0 Å². The van der Waals surface area contributed by atoms with E-state index in [1.54, 1.807) is 19.5 Å². The number of methoxy groups -OCH3 is 1. The molecular weight excluding hydrogens is 178 g/mol. The van der Waals surface area contributed by atoms with Gasteiger partial charge < -0.3 is 10.5 Å². The molecule has 4 nitrogen and oxygen atoms in total. The lowest BCUT2D eigenvalue weighted by molar-refractivity contribution is 0.0771. The molecule has 76 valence electrons. The predicted octanol–water partition coefficient (Wildman–Crippen LogP) is 1.03. The first-order valence-corrected chi connectivity index (χ1v) is 4.89. The highest BCUT2D eigenvalue weighted by atomic mass is 16.5. The van der Waals surface area contributed by atoms with E-state index in [0.717, 1.165) is 11.4 Å². The van der Waals surface area contributed by atoms with E-state index in [4.69, 9.17) is 10.5 Å². The standard InChI is InChI=1S/C10H15N3O/c1-14-9(8-2-3-8)10-12-5-7(4-11)6-13-10/h5-6,8-9H,2-4,11H2,1H3. The fraction of sp³-hybridized carbons (Fsp3) is 0.600. The molecule has 1 aromatic rings. The molecule has 1 unspecified atom stereocenters. The van der Waals surface area contributed by atoms with E-state index in [1.807, 2.05) is 0 Å². The van der Waals surface area contributed by atoms with Gasteiger partial charge in [0, 0.05) is 31.6 Å². The van der Waals surface area contributed by atoms with Gasteiger partial charge >= 0.3 is 0 Å². The second-order valence-corrected chi connectivity index (χ2v) is 3.65. The van der Waals surface area contributed by atoms with Gasteiger partial charge in [-0.15, -0.1) is 0 Å². The minimum Gasteiger partial charge on any atom is -0.373 e. The molecule has 1 fully saturated rings. The highest BCUT2D eigenvalue weighted by Gasteiger charge is 2.34. The summed E-state index contributed by atoms with van der Waals surface area (Å²) in [7, 11) is 1.71. The summed E-state index contributed by atoms with van der Waals surface area (Å²) in [5, 5.41) is 0. The van der Waals surface area contributed by atoms with Gasteiger partial charge in [-0.2, -0.15) is 0 Å². The topological polar surface area (TPSA) is 61.0 Å². The fourth-order valence-corrected chi connectivity index (χ4v) is 1.52. The minimum absolute atomic E-state index is 0.0711. The number of hydrogen-bond donors (Lipinski definition) is 1. The van der Waals surface area contributed by atoms with Crippen molar-refractivity contribution in [3.63, 3.8) is 0 Å². The summed E-state index contributed by atoms with van der Waals surface area (Å²) in [5.41, 5.74) is 6.43. The van der Waals surface area contributed by atoms with Gasteiger partial charge in [-0.1, -0.05) is 0 Å². The maximum absolute atomic E-state index is 5.47. The van der Waals surface area contributed by atoms with Crippen molar-refractivity contribution in [3.05, 3.63) is 23.8 Å². The van der Waals surface area contributed by atoms with Gasteiger partial charge in [0.15, 0.2) is 5.82 Å². The fourth-order valence-electron chi connectivity index (χ4n) is 1.52. The summed E-state index contributed by atoms with van der Waals surface area (Å²) in [5.74, 6) is 1.40. The zero-order chi connectivity index (χ0) is 9.97. The van der Waals surface area contributed by atoms with Crippen molar-refractivity contribution in [3.8, 4) is 0 Å². The van der Waals surface area contributed by atoms with E-state index in [0.29, 0.717) is 12.5 Å². The van der Waals surface area contributed by atoms with Crippen LogP contribution in [-0.2, 0) is 11.3 Å². The molecule has 2 N–H and O–H groups in total. The molecule has 1 aromatic heterocycles. The third kappa shape index (κ3) is 1.91. The summed E-state index contributed by atoms with van der Waals surface area (Å²) >= 11 is 0. The Morgan fingerprint density at radius 1 is 1.50 bits per heavy atom. The molecular formula is C10H15N3O. The lowest BCUT2D eigenvalue weighted by Crippen LogP contribution is -2.09. The van der Waals surface area contributed by atoms with Crippen molar-refractivity contribution < 1.29 is 4.74 Å². The van der Waals surface area contributed by atoms with Crippen LogP contribution >= 0.6 is 0 Å². The number of ether oxygens (including phenoxy) is 1. The minimum atomic E-state index is 0.0711. The highest BCUT2D eigenvalue weighted by Crippen LogP contribution is 2.41. The molecule has 1 saturated carbocycles. The average Bonchev–Trinajstić information content (AvgIpc) is 3.04. The Kier molecular flexibility index (Phi) is 2.74. The molecule has 14 heavy (non-hydrogen) atoms. The maximum Gasteiger partial charge on any atom is 0.157 e. The number of rotatable bonds is 4. The molecule has 0 spiro atoms. The first kappa shape index (κ1) is 9.55. The van der Waals surface area contributed by atoms with Gasteiger partial charge in [0.05, 0.1) is 0 Å². The third-order valence-electron chi connectivity index (χ3n) is 2.52. The van der Waals surface area contributed by atoms with Crippen LogP contribution in [0.3, 0.4) is 0 Å². The van der Waals surface area contributed by atoms with Crippen molar-refractivity contribution in [2.45, 2.75) is 25.5 Å². The number of nitrogens with zero attached hydrogens (tertiary/aromatic N) is 2. The first-order chi connectivity index (χ1) is 6.85. The molecule has 1 atom stereocenters. The largest absolute Gasteiger partial charge is 0.373 e. The summed E-state index contributed by atoms with van der Waals surface area (Å²) < 4.78 is 5.38. The van der Waals surface area contributed by atoms with E-state index in [-0.39, 0.29) is 6.10 Å². The van der Waals surface area contributed by atoms with Crippen LogP contribution in [-0.4, -0.2) is 17.1 Å². The van der Waals surface area contributed by atoms with Gasteiger partial charge in [-0.25, -0.2) is 9.97 Å². The molecule has 1 aliphatic rings. The van der Waals surface area contributed by atoms with Crippen molar-refractivity contribution in [1.29, 1.82) is 0 Å². The Morgan fingerprint density at radius 3 is 2.57 bits per heavy atom. The van der Waals surface area contributed by atoms with Crippen molar-refractivity contribution in [2.24, 2.45) is 11.7 Å². The quantitative estimate of drug-likeness (QED) is 0.776. The summed E-state index contributed by atoms with van der Waals surface area (Å²) in [6.45, 7) is 0.487. The van der Waals surface area contributed by atoms with E-state index in [9.17, 15) is 0 Å². The molecule has 2 rings (SSSR count). The lowest BCUT2D eigenvalue weighted by Gasteiger charge is -2.12. The van der Waals surface area contributed by atoms with E-state index in [1.165, 1.54) is 12.8 Å². The summed E-state index contributed by atoms with van der Waals surface area (Å²) in [6, 6.07) is 0. The Balaban J connectivity index is 2.13. The molecule has 0 radical (unpaired) electrons. The van der Waals surface area contributed by atoms with E-state index < -0.39 is 0 Å². The zero-order valence-corrected chi connectivity index (χ0v) is 8.31. The van der Waals surface area contributed by atoms with Crippen LogP contribution in [0.2, 0.25) is 0 Å². The highest BCUT2D eigenvalue weighted by molar-refractivity contribution is 5.07. The Labute approximate surface area is 83.5 Å². The number of aromatic nitrogens is 2. The van der Waals surface area contributed by atoms with Crippen molar-refractivity contribution >= 4 is 0 Å². The van der Waals surface area contributed by atoms with Crippen LogP contribution in [0, 0.1) is 5.92 Å². The van der Waals surface area contributed by atoms with Crippen LogP contribution < -0.4 is 5.73 Å². The third-order valence-corrected chi connectivity index (χ3v) is 2.52. The van der Waals surface area contributed by atoms with Gasteiger partial charge in [0.1, 0.15) is 6.10 Å². The van der Waals surface area contributed by atoms with Gasteiger partial charge in [-0.05, 0) is 18.8 Å². The molecule has 0 bridgehead atoms. The second-order valence-electron chi connectivity index (χ2n) is 3.65. The van der Waals surface area contributed by atoms with E-state index >= 15 is 0 Å². The lowest BCUT2D eigenvalue weighted by atomic mass is 10.2. The normalized spacial score (nSPS) is 18.1. The Morgan fingerprint density at radius 2 is 2.14 bits per heavy atom.